The van der Waals surface area contributed by atoms with Gasteiger partial charge >= 0.3 is 0 Å². The molecule has 2 saturated heterocycles. The van der Waals surface area contributed by atoms with Crippen LogP contribution >= 0.6 is 0 Å². The SMILES string of the molecule is O=C(NCC1CCCCN1)C1CCCCO1. The van der Waals surface area contributed by atoms with Gasteiger partial charge in [-0.25, -0.2) is 0 Å². The summed E-state index contributed by atoms with van der Waals surface area (Å²) >= 11 is 0. The third-order valence-corrected chi connectivity index (χ3v) is 3.41. The van der Waals surface area contributed by atoms with Crippen molar-refractivity contribution in [2.45, 2.75) is 50.7 Å². The molecule has 4 nitrogen and oxygen atoms in total. The fraction of sp³-hybridized carbons (Fsp3) is 0.917. The molecule has 0 aromatic heterocycles. The van der Waals surface area contributed by atoms with Gasteiger partial charge in [-0.2, -0.15) is 0 Å². The highest BCUT2D eigenvalue weighted by atomic mass is 16.5. The molecule has 0 spiro atoms. The second-order valence-electron chi connectivity index (χ2n) is 4.75. The highest BCUT2D eigenvalue weighted by molar-refractivity contribution is 5.80. The molecular formula is C12H22N2O2. The molecule has 0 aromatic rings. The van der Waals surface area contributed by atoms with Gasteiger partial charge in [0.1, 0.15) is 6.10 Å². The second-order valence-corrected chi connectivity index (χ2v) is 4.75. The van der Waals surface area contributed by atoms with E-state index < -0.39 is 0 Å². The van der Waals surface area contributed by atoms with Gasteiger partial charge in [0, 0.05) is 19.2 Å². The number of hydrogen-bond acceptors (Lipinski definition) is 3. The van der Waals surface area contributed by atoms with Crippen molar-refractivity contribution in [3.05, 3.63) is 0 Å². The number of piperidine rings is 1. The molecule has 2 heterocycles. The predicted octanol–water partition coefficient (Wildman–Crippen LogP) is 0.814. The highest BCUT2D eigenvalue weighted by Crippen LogP contribution is 2.12. The average molecular weight is 226 g/mol. The minimum atomic E-state index is -0.197. The lowest BCUT2D eigenvalue weighted by Gasteiger charge is -2.26. The van der Waals surface area contributed by atoms with E-state index in [1.165, 1.54) is 19.3 Å². The lowest BCUT2D eigenvalue weighted by molar-refractivity contribution is -0.135. The number of nitrogens with one attached hydrogen (secondary N) is 2. The molecule has 92 valence electrons. The van der Waals surface area contributed by atoms with E-state index in [4.69, 9.17) is 4.74 Å². The lowest BCUT2D eigenvalue weighted by atomic mass is 10.0. The van der Waals surface area contributed by atoms with E-state index in [-0.39, 0.29) is 12.0 Å². The van der Waals surface area contributed by atoms with Crippen molar-refractivity contribution in [2.24, 2.45) is 0 Å². The Bertz CT molecular complexity index is 221. The van der Waals surface area contributed by atoms with E-state index in [0.29, 0.717) is 6.04 Å². The molecule has 0 radical (unpaired) electrons. The Morgan fingerprint density at radius 2 is 2.12 bits per heavy atom. The zero-order valence-electron chi connectivity index (χ0n) is 9.84. The minimum Gasteiger partial charge on any atom is -0.368 e. The highest BCUT2D eigenvalue weighted by Gasteiger charge is 2.22. The Morgan fingerprint density at radius 1 is 1.25 bits per heavy atom. The molecule has 0 saturated carbocycles. The van der Waals surface area contributed by atoms with E-state index >= 15 is 0 Å². The number of amides is 1. The molecule has 2 N–H and O–H groups in total. The number of hydrogen-bond donors (Lipinski definition) is 2. The van der Waals surface area contributed by atoms with E-state index in [1.807, 2.05) is 0 Å². The van der Waals surface area contributed by atoms with Gasteiger partial charge in [0.2, 0.25) is 5.91 Å². The molecule has 1 amide bonds. The van der Waals surface area contributed by atoms with Gasteiger partial charge < -0.3 is 15.4 Å². The monoisotopic (exact) mass is 226 g/mol. The first-order chi connectivity index (χ1) is 7.86. The molecule has 2 aliphatic heterocycles. The normalized spacial score (nSPS) is 31.0. The van der Waals surface area contributed by atoms with E-state index in [1.54, 1.807) is 0 Å². The summed E-state index contributed by atoms with van der Waals surface area (Å²) in [7, 11) is 0. The van der Waals surface area contributed by atoms with Crippen LogP contribution in [0.25, 0.3) is 0 Å². The van der Waals surface area contributed by atoms with E-state index in [9.17, 15) is 4.79 Å². The fourth-order valence-corrected chi connectivity index (χ4v) is 2.38. The molecule has 0 bridgehead atoms. The standard InChI is InChI=1S/C12H22N2O2/c15-12(11-6-2-4-8-16-11)14-9-10-5-1-3-7-13-10/h10-11,13H,1-9H2,(H,14,15). The van der Waals surface area contributed by atoms with Crippen molar-refractivity contribution in [2.75, 3.05) is 19.7 Å². The van der Waals surface area contributed by atoms with Gasteiger partial charge in [-0.05, 0) is 38.6 Å². The van der Waals surface area contributed by atoms with Crippen LogP contribution in [0.1, 0.15) is 38.5 Å². The van der Waals surface area contributed by atoms with Gasteiger partial charge in [0.25, 0.3) is 0 Å². The number of rotatable bonds is 3. The zero-order valence-corrected chi connectivity index (χ0v) is 9.84. The molecule has 2 aliphatic rings. The van der Waals surface area contributed by atoms with Crippen LogP contribution in [0.15, 0.2) is 0 Å². The first-order valence-corrected chi connectivity index (χ1v) is 6.49. The topological polar surface area (TPSA) is 50.4 Å². The molecule has 2 rings (SSSR count). The Morgan fingerprint density at radius 3 is 2.81 bits per heavy atom. The third kappa shape index (κ3) is 3.46. The lowest BCUT2D eigenvalue weighted by Crippen LogP contribution is -2.47. The van der Waals surface area contributed by atoms with Crippen LogP contribution in [0, 0.1) is 0 Å². The van der Waals surface area contributed by atoms with Crippen molar-refractivity contribution in [1.29, 1.82) is 0 Å². The molecule has 0 aromatic carbocycles. The number of ether oxygens (including phenoxy) is 1. The maximum Gasteiger partial charge on any atom is 0.249 e. The summed E-state index contributed by atoms with van der Waals surface area (Å²) in [5, 5.41) is 6.42. The summed E-state index contributed by atoms with van der Waals surface area (Å²) in [6, 6.07) is 0.460. The average Bonchev–Trinajstić information content (AvgIpc) is 2.38. The molecular weight excluding hydrogens is 204 g/mol. The van der Waals surface area contributed by atoms with Crippen molar-refractivity contribution in [1.82, 2.24) is 10.6 Å². The van der Waals surface area contributed by atoms with Crippen molar-refractivity contribution >= 4 is 5.91 Å². The minimum absolute atomic E-state index is 0.0760. The molecule has 2 fully saturated rings. The largest absolute Gasteiger partial charge is 0.368 e. The molecule has 4 heteroatoms. The molecule has 2 atom stereocenters. The Balaban J connectivity index is 1.65. The summed E-state index contributed by atoms with van der Waals surface area (Å²) in [5.74, 6) is 0.0760. The Hall–Kier alpha value is -0.610. The summed E-state index contributed by atoms with van der Waals surface area (Å²) in [6.45, 7) is 2.57. The smallest absolute Gasteiger partial charge is 0.249 e. The number of carbonyl (C=O) groups is 1. The van der Waals surface area contributed by atoms with Crippen molar-refractivity contribution < 1.29 is 9.53 Å². The fourth-order valence-electron chi connectivity index (χ4n) is 2.38. The van der Waals surface area contributed by atoms with Crippen molar-refractivity contribution in [3.8, 4) is 0 Å². The summed E-state index contributed by atoms with van der Waals surface area (Å²) in [5.41, 5.74) is 0. The third-order valence-electron chi connectivity index (χ3n) is 3.41. The van der Waals surface area contributed by atoms with Gasteiger partial charge in [0.15, 0.2) is 0 Å². The Kier molecular flexibility index (Phi) is 4.60. The van der Waals surface area contributed by atoms with Crippen LogP contribution in [0.5, 0.6) is 0 Å². The first-order valence-electron chi connectivity index (χ1n) is 6.49. The van der Waals surface area contributed by atoms with Gasteiger partial charge in [-0.1, -0.05) is 6.42 Å². The molecule has 0 aliphatic carbocycles. The van der Waals surface area contributed by atoms with Crippen molar-refractivity contribution in [3.63, 3.8) is 0 Å². The van der Waals surface area contributed by atoms with E-state index in [0.717, 1.165) is 39.0 Å². The van der Waals surface area contributed by atoms with Crippen LogP contribution in [0.2, 0.25) is 0 Å². The maximum absolute atomic E-state index is 11.8. The van der Waals surface area contributed by atoms with Crippen LogP contribution in [0.3, 0.4) is 0 Å². The molecule has 16 heavy (non-hydrogen) atoms. The zero-order chi connectivity index (χ0) is 11.2. The number of carbonyl (C=O) groups excluding carboxylic acids is 1. The molecule has 2 unspecified atom stereocenters. The maximum atomic E-state index is 11.8. The second kappa shape index (κ2) is 6.21. The van der Waals surface area contributed by atoms with Crippen LogP contribution in [-0.2, 0) is 9.53 Å². The van der Waals surface area contributed by atoms with E-state index in [2.05, 4.69) is 10.6 Å². The van der Waals surface area contributed by atoms with Crippen LogP contribution in [0.4, 0.5) is 0 Å². The van der Waals surface area contributed by atoms with Gasteiger partial charge in [-0.3, -0.25) is 4.79 Å². The summed E-state index contributed by atoms with van der Waals surface area (Å²) in [4.78, 5) is 11.8. The van der Waals surface area contributed by atoms with Crippen LogP contribution < -0.4 is 10.6 Å². The van der Waals surface area contributed by atoms with Crippen LogP contribution in [-0.4, -0.2) is 37.7 Å². The van der Waals surface area contributed by atoms with Gasteiger partial charge in [0.05, 0.1) is 0 Å². The summed E-state index contributed by atoms with van der Waals surface area (Å²) in [6.07, 6.45) is 6.59. The van der Waals surface area contributed by atoms with Gasteiger partial charge in [-0.15, -0.1) is 0 Å². The summed E-state index contributed by atoms with van der Waals surface area (Å²) < 4.78 is 5.45. The Labute approximate surface area is 97.1 Å². The predicted molar refractivity (Wildman–Crippen MR) is 62.2 cm³/mol. The quantitative estimate of drug-likeness (QED) is 0.749. The first kappa shape index (κ1) is 11.9.